The SMILES string of the molecule is Cc1c(-c2ccccc2)[nH]c2cc(F)cc(C)c2c1=O. The van der Waals surface area contributed by atoms with Crippen molar-refractivity contribution in [3.05, 3.63) is 69.6 Å². The number of hydrogen-bond donors (Lipinski definition) is 1. The van der Waals surface area contributed by atoms with Crippen LogP contribution in [0.1, 0.15) is 11.1 Å². The van der Waals surface area contributed by atoms with Gasteiger partial charge in [-0.1, -0.05) is 30.3 Å². The zero-order valence-electron chi connectivity index (χ0n) is 11.3. The van der Waals surface area contributed by atoms with Gasteiger partial charge in [-0.05, 0) is 37.1 Å². The molecule has 3 heteroatoms. The first kappa shape index (κ1) is 12.6. The second-order valence-electron chi connectivity index (χ2n) is 4.97. The topological polar surface area (TPSA) is 32.9 Å². The monoisotopic (exact) mass is 267 g/mol. The second kappa shape index (κ2) is 4.60. The Kier molecular flexibility index (Phi) is 2.90. The van der Waals surface area contributed by atoms with Crippen LogP contribution in [0.3, 0.4) is 0 Å². The van der Waals surface area contributed by atoms with E-state index in [1.807, 2.05) is 30.3 Å². The van der Waals surface area contributed by atoms with Gasteiger partial charge in [0.05, 0.1) is 11.2 Å². The van der Waals surface area contributed by atoms with E-state index >= 15 is 0 Å². The van der Waals surface area contributed by atoms with Crippen molar-refractivity contribution in [3.8, 4) is 11.3 Å². The van der Waals surface area contributed by atoms with Gasteiger partial charge in [0.25, 0.3) is 0 Å². The summed E-state index contributed by atoms with van der Waals surface area (Å²) in [7, 11) is 0. The van der Waals surface area contributed by atoms with E-state index in [0.717, 1.165) is 11.3 Å². The average Bonchev–Trinajstić information content (AvgIpc) is 2.43. The van der Waals surface area contributed by atoms with Crippen LogP contribution in [0.4, 0.5) is 4.39 Å². The quantitative estimate of drug-likeness (QED) is 0.711. The summed E-state index contributed by atoms with van der Waals surface area (Å²) >= 11 is 0. The standard InChI is InChI=1S/C17H14FNO/c1-10-8-13(18)9-14-15(10)17(20)11(2)16(19-14)12-6-4-3-5-7-12/h3-9H,1-2H3,(H,19,20). The molecule has 1 heterocycles. The number of aromatic amines is 1. The number of aromatic nitrogens is 1. The predicted octanol–water partition coefficient (Wildman–Crippen LogP) is 3.95. The number of pyridine rings is 1. The molecule has 20 heavy (non-hydrogen) atoms. The molecular formula is C17H14FNO. The summed E-state index contributed by atoms with van der Waals surface area (Å²) in [5.74, 6) is -0.339. The lowest BCUT2D eigenvalue weighted by Crippen LogP contribution is -2.11. The van der Waals surface area contributed by atoms with E-state index in [0.29, 0.717) is 22.0 Å². The van der Waals surface area contributed by atoms with Crippen molar-refractivity contribution >= 4 is 10.9 Å². The molecule has 0 fully saturated rings. The van der Waals surface area contributed by atoms with Crippen LogP contribution in [0.15, 0.2) is 47.3 Å². The largest absolute Gasteiger partial charge is 0.354 e. The summed E-state index contributed by atoms with van der Waals surface area (Å²) < 4.78 is 13.5. The molecule has 3 rings (SSSR count). The van der Waals surface area contributed by atoms with Crippen LogP contribution in [-0.2, 0) is 0 Å². The Morgan fingerprint density at radius 2 is 1.75 bits per heavy atom. The Morgan fingerprint density at radius 1 is 1.05 bits per heavy atom. The van der Waals surface area contributed by atoms with Gasteiger partial charge in [0.15, 0.2) is 5.43 Å². The molecule has 0 aliphatic carbocycles. The molecule has 0 radical (unpaired) electrons. The maximum Gasteiger partial charge on any atom is 0.193 e. The summed E-state index contributed by atoms with van der Waals surface area (Å²) in [6.45, 7) is 3.55. The molecule has 1 N–H and O–H groups in total. The average molecular weight is 267 g/mol. The predicted molar refractivity (Wildman–Crippen MR) is 79.4 cm³/mol. The number of fused-ring (bicyclic) bond motifs is 1. The zero-order valence-corrected chi connectivity index (χ0v) is 11.3. The van der Waals surface area contributed by atoms with E-state index < -0.39 is 0 Å². The third kappa shape index (κ3) is 1.92. The van der Waals surface area contributed by atoms with Gasteiger partial charge in [-0.2, -0.15) is 0 Å². The van der Waals surface area contributed by atoms with Gasteiger partial charge >= 0.3 is 0 Å². The Morgan fingerprint density at radius 3 is 2.45 bits per heavy atom. The molecule has 0 unspecified atom stereocenters. The van der Waals surface area contributed by atoms with Crippen LogP contribution < -0.4 is 5.43 Å². The molecule has 0 bridgehead atoms. The number of nitrogens with one attached hydrogen (secondary N) is 1. The number of H-pyrrole nitrogens is 1. The highest BCUT2D eigenvalue weighted by molar-refractivity contribution is 5.85. The van der Waals surface area contributed by atoms with Gasteiger partial charge in [-0.15, -0.1) is 0 Å². The van der Waals surface area contributed by atoms with Crippen LogP contribution >= 0.6 is 0 Å². The molecule has 0 aliphatic rings. The molecule has 1 aromatic heterocycles. The van der Waals surface area contributed by atoms with Gasteiger partial charge in [-0.25, -0.2) is 4.39 Å². The van der Waals surface area contributed by atoms with E-state index in [4.69, 9.17) is 0 Å². The molecule has 3 aromatic rings. The van der Waals surface area contributed by atoms with E-state index in [2.05, 4.69) is 4.98 Å². The third-order valence-corrected chi connectivity index (χ3v) is 3.57. The molecule has 2 nitrogen and oxygen atoms in total. The van der Waals surface area contributed by atoms with Crippen molar-refractivity contribution in [1.82, 2.24) is 4.98 Å². The normalized spacial score (nSPS) is 10.9. The lowest BCUT2D eigenvalue weighted by Gasteiger charge is -2.10. The minimum atomic E-state index is -0.339. The Balaban J connectivity index is 2.42. The van der Waals surface area contributed by atoms with Crippen molar-refractivity contribution in [2.45, 2.75) is 13.8 Å². The van der Waals surface area contributed by atoms with Crippen molar-refractivity contribution < 1.29 is 4.39 Å². The Bertz CT molecular complexity index is 850. The van der Waals surface area contributed by atoms with Crippen molar-refractivity contribution in [3.63, 3.8) is 0 Å². The minimum Gasteiger partial charge on any atom is -0.354 e. The molecule has 0 atom stereocenters. The molecule has 2 aromatic carbocycles. The van der Waals surface area contributed by atoms with E-state index in [-0.39, 0.29) is 11.2 Å². The fourth-order valence-electron chi connectivity index (χ4n) is 2.57. The molecule has 100 valence electrons. The second-order valence-corrected chi connectivity index (χ2v) is 4.97. The van der Waals surface area contributed by atoms with E-state index in [1.54, 1.807) is 13.8 Å². The summed E-state index contributed by atoms with van der Waals surface area (Å²) in [5, 5.41) is 0.559. The number of rotatable bonds is 1. The van der Waals surface area contributed by atoms with Crippen molar-refractivity contribution in [2.24, 2.45) is 0 Å². The summed E-state index contributed by atoms with van der Waals surface area (Å²) in [6.07, 6.45) is 0. The highest BCUT2D eigenvalue weighted by atomic mass is 19.1. The Hall–Kier alpha value is -2.42. The van der Waals surface area contributed by atoms with Crippen LogP contribution in [-0.4, -0.2) is 4.98 Å². The molecule has 0 amide bonds. The lowest BCUT2D eigenvalue weighted by molar-refractivity contribution is 0.628. The molecule has 0 aliphatic heterocycles. The first-order valence-corrected chi connectivity index (χ1v) is 6.46. The number of halogens is 1. The number of benzene rings is 2. The highest BCUT2D eigenvalue weighted by Gasteiger charge is 2.12. The smallest absolute Gasteiger partial charge is 0.193 e. The molecule has 0 spiro atoms. The van der Waals surface area contributed by atoms with Crippen LogP contribution in [0.5, 0.6) is 0 Å². The van der Waals surface area contributed by atoms with Crippen molar-refractivity contribution in [1.29, 1.82) is 0 Å². The van der Waals surface area contributed by atoms with Gasteiger partial charge in [-0.3, -0.25) is 4.79 Å². The van der Waals surface area contributed by atoms with Crippen LogP contribution in [0, 0.1) is 19.7 Å². The van der Waals surface area contributed by atoms with Gasteiger partial charge in [0.1, 0.15) is 5.82 Å². The minimum absolute atomic E-state index is 0.0462. The Labute approximate surface area is 115 Å². The summed E-state index contributed by atoms with van der Waals surface area (Å²) in [4.78, 5) is 15.7. The van der Waals surface area contributed by atoms with E-state index in [1.165, 1.54) is 12.1 Å². The van der Waals surface area contributed by atoms with Gasteiger partial charge < -0.3 is 4.98 Å². The van der Waals surface area contributed by atoms with Gasteiger partial charge in [0, 0.05) is 10.9 Å². The van der Waals surface area contributed by atoms with Gasteiger partial charge in [0.2, 0.25) is 0 Å². The summed E-state index contributed by atoms with van der Waals surface area (Å²) in [6, 6.07) is 12.4. The van der Waals surface area contributed by atoms with Crippen molar-refractivity contribution in [2.75, 3.05) is 0 Å². The fraction of sp³-hybridized carbons (Fsp3) is 0.118. The van der Waals surface area contributed by atoms with Crippen LogP contribution in [0.2, 0.25) is 0 Å². The maximum absolute atomic E-state index is 13.5. The lowest BCUT2D eigenvalue weighted by atomic mass is 10.0. The molecule has 0 saturated carbocycles. The number of hydrogen-bond acceptors (Lipinski definition) is 1. The number of aryl methyl sites for hydroxylation is 1. The fourth-order valence-corrected chi connectivity index (χ4v) is 2.57. The maximum atomic E-state index is 13.5. The first-order chi connectivity index (χ1) is 9.58. The first-order valence-electron chi connectivity index (χ1n) is 6.46. The zero-order chi connectivity index (χ0) is 14.3. The van der Waals surface area contributed by atoms with E-state index in [9.17, 15) is 9.18 Å². The summed E-state index contributed by atoms with van der Waals surface area (Å²) in [5.41, 5.74) is 3.47. The van der Waals surface area contributed by atoms with Crippen LogP contribution in [0.25, 0.3) is 22.2 Å². The molecule has 0 saturated heterocycles. The molecular weight excluding hydrogens is 253 g/mol. The third-order valence-electron chi connectivity index (χ3n) is 3.57. The highest BCUT2D eigenvalue weighted by Crippen LogP contribution is 2.23.